The van der Waals surface area contributed by atoms with E-state index in [1.165, 1.54) is 10.7 Å². The molecule has 0 saturated carbocycles. The lowest BCUT2D eigenvalue weighted by atomic mass is 9.88. The third kappa shape index (κ3) is 17.4. The van der Waals surface area contributed by atoms with Gasteiger partial charge in [0.2, 0.25) is 23.6 Å². The smallest absolute Gasteiger partial charge is 0.322 e. The number of likely N-dealkylation sites (tertiary alicyclic amines) is 1. The predicted molar refractivity (Wildman–Crippen MR) is 247 cm³/mol. The maximum Gasteiger partial charge on any atom is 0.322 e. The Morgan fingerprint density at radius 3 is 2.06 bits per heavy atom. The van der Waals surface area contributed by atoms with E-state index in [9.17, 15) is 24.0 Å². The van der Waals surface area contributed by atoms with Gasteiger partial charge in [-0.2, -0.15) is 10.2 Å². The first-order valence-electron chi connectivity index (χ1n) is 22.9. The quantitative estimate of drug-likeness (QED) is 0.0407. The molecule has 2 aromatic carbocycles. The van der Waals surface area contributed by atoms with Crippen molar-refractivity contribution in [2.24, 2.45) is 7.05 Å². The van der Waals surface area contributed by atoms with Crippen molar-refractivity contribution in [2.45, 2.75) is 63.8 Å². The van der Waals surface area contributed by atoms with Gasteiger partial charge in [-0.05, 0) is 49.4 Å². The molecule has 0 bridgehead atoms. The Kier molecular flexibility index (Phi) is 22.7. The van der Waals surface area contributed by atoms with Crippen molar-refractivity contribution >= 4 is 63.0 Å². The molecule has 21 heteroatoms. The lowest BCUT2D eigenvalue weighted by Gasteiger charge is -2.31. The molecule has 3 heterocycles. The van der Waals surface area contributed by atoms with Crippen LogP contribution in [0.25, 0.3) is 32.9 Å². The molecule has 5 rings (SSSR count). The van der Waals surface area contributed by atoms with E-state index in [0.717, 1.165) is 37.8 Å². The Morgan fingerprint density at radius 1 is 0.746 bits per heavy atom. The third-order valence-electron chi connectivity index (χ3n) is 11.1. The number of alkyl halides is 1. The van der Waals surface area contributed by atoms with Gasteiger partial charge in [0, 0.05) is 74.3 Å². The number of piperidine rings is 1. The molecule has 1 aliphatic heterocycles. The lowest BCUT2D eigenvalue weighted by molar-refractivity contribution is -0.137. The minimum absolute atomic E-state index is 0.0325. The summed E-state index contributed by atoms with van der Waals surface area (Å²) in [5, 5.41) is 26.8. The topological polar surface area (TPSA) is 227 Å². The summed E-state index contributed by atoms with van der Waals surface area (Å²) < 4.78 is 46.6. The number of aryl methyl sites for hydroxylation is 1. The maximum atomic E-state index is 15.8. The van der Waals surface area contributed by atoms with Gasteiger partial charge in [-0.3, -0.25) is 33.3 Å². The van der Waals surface area contributed by atoms with Crippen molar-refractivity contribution in [2.75, 3.05) is 105 Å². The van der Waals surface area contributed by atoms with Gasteiger partial charge in [0.1, 0.15) is 18.9 Å². The van der Waals surface area contributed by atoms with E-state index < -0.39 is 36.7 Å². The molecule has 0 radical (unpaired) electrons. The molecule has 1 saturated heterocycles. The summed E-state index contributed by atoms with van der Waals surface area (Å²) >= 11 is 5.67. The number of carbonyl (C=O) groups is 5. The monoisotopic (exact) mass is 958 g/mol. The standard InChI is InChI=1S/C46H64ClFN8O11/c1-54-39-28-36(37(48)27-34(39)29-52-54)35-7-6-8-38-45(35)46(53-56(38)32-42(59)50-30-41(58)51-31-44(61)62)33-11-15-55(16-12-33)43(60)10-9-40(57)49-14-18-64-20-22-66-24-26-67-25-23-65-21-19-63-17-5-3-2-4-13-47/h6-8,27-29,33H,2-5,9-26,30-32H2,1H3,(H,49,57)(H,50,59)(H,51,58)(H,61,62). The molecule has 0 spiro atoms. The zero-order chi connectivity index (χ0) is 47.8. The Balaban J connectivity index is 1.01. The van der Waals surface area contributed by atoms with E-state index in [4.69, 9.17) is 45.5 Å². The van der Waals surface area contributed by atoms with Gasteiger partial charge >= 0.3 is 5.97 Å². The molecule has 67 heavy (non-hydrogen) atoms. The van der Waals surface area contributed by atoms with Crippen molar-refractivity contribution in [1.82, 2.24) is 40.4 Å². The number of ether oxygens (including phenoxy) is 5. The number of hydrogen-bond donors (Lipinski definition) is 4. The lowest BCUT2D eigenvalue weighted by Crippen LogP contribution is -2.40. The number of halogens is 2. The minimum Gasteiger partial charge on any atom is -0.480 e. The van der Waals surface area contributed by atoms with Gasteiger partial charge in [-0.15, -0.1) is 11.6 Å². The number of carbonyl (C=O) groups excluding carboxylic acids is 4. The van der Waals surface area contributed by atoms with Crippen LogP contribution in [0.5, 0.6) is 0 Å². The number of rotatable bonds is 32. The van der Waals surface area contributed by atoms with Crippen LogP contribution in [-0.4, -0.2) is 164 Å². The van der Waals surface area contributed by atoms with Crippen LogP contribution in [0.15, 0.2) is 36.5 Å². The number of carboxylic acids is 1. The van der Waals surface area contributed by atoms with Gasteiger partial charge in [0.05, 0.1) is 88.9 Å². The molecule has 1 aliphatic rings. The molecule has 4 amide bonds. The van der Waals surface area contributed by atoms with Crippen LogP contribution in [0.4, 0.5) is 4.39 Å². The van der Waals surface area contributed by atoms with E-state index in [-0.39, 0.29) is 37.1 Å². The highest BCUT2D eigenvalue weighted by Gasteiger charge is 2.30. The van der Waals surface area contributed by atoms with Crippen molar-refractivity contribution in [3.63, 3.8) is 0 Å². The average molecular weight is 960 g/mol. The zero-order valence-electron chi connectivity index (χ0n) is 38.2. The highest BCUT2D eigenvalue weighted by molar-refractivity contribution is 6.17. The molecule has 0 atom stereocenters. The number of hydrogen-bond acceptors (Lipinski definition) is 12. The molecule has 19 nitrogen and oxygen atoms in total. The largest absolute Gasteiger partial charge is 0.480 e. The van der Waals surface area contributed by atoms with E-state index in [0.29, 0.717) is 131 Å². The second-order valence-electron chi connectivity index (χ2n) is 16.0. The summed E-state index contributed by atoms with van der Waals surface area (Å²) in [7, 11) is 1.77. The number of unbranched alkanes of at least 4 members (excludes halogenated alkanes) is 3. The Morgan fingerprint density at radius 2 is 1.39 bits per heavy atom. The first kappa shape index (κ1) is 52.7. The number of fused-ring (bicyclic) bond motifs is 2. The van der Waals surface area contributed by atoms with Crippen molar-refractivity contribution in [1.29, 1.82) is 0 Å². The van der Waals surface area contributed by atoms with Gasteiger partial charge in [-0.1, -0.05) is 25.0 Å². The Bertz CT molecular complexity index is 2210. The Labute approximate surface area is 394 Å². The van der Waals surface area contributed by atoms with Gasteiger partial charge in [-0.25, -0.2) is 4.39 Å². The molecular weight excluding hydrogens is 895 g/mol. The summed E-state index contributed by atoms with van der Waals surface area (Å²) in [6.45, 7) is 4.58. The molecule has 1 fully saturated rings. The van der Waals surface area contributed by atoms with Gasteiger partial charge < -0.3 is 49.6 Å². The summed E-state index contributed by atoms with van der Waals surface area (Å²) in [6.07, 6.45) is 7.10. The average Bonchev–Trinajstić information content (AvgIpc) is 3.88. The number of benzene rings is 2. The van der Waals surface area contributed by atoms with Gasteiger partial charge in [0.25, 0.3) is 0 Å². The summed E-state index contributed by atoms with van der Waals surface area (Å²) in [5.41, 5.74) is 2.86. The number of aromatic nitrogens is 4. The normalized spacial score (nSPS) is 13.1. The first-order valence-corrected chi connectivity index (χ1v) is 23.4. The number of carboxylic acid groups (broad SMARTS) is 1. The van der Waals surface area contributed by atoms with Crippen LogP contribution in [0, 0.1) is 5.82 Å². The predicted octanol–water partition coefficient (Wildman–Crippen LogP) is 3.53. The summed E-state index contributed by atoms with van der Waals surface area (Å²) in [5.74, 6) is -2.70. The van der Waals surface area contributed by atoms with Crippen molar-refractivity contribution in [3.8, 4) is 11.1 Å². The van der Waals surface area contributed by atoms with Crippen LogP contribution in [0.1, 0.15) is 63.0 Å². The second kappa shape index (κ2) is 28.8. The van der Waals surface area contributed by atoms with E-state index in [2.05, 4.69) is 21.0 Å². The molecule has 4 aromatic rings. The Hall–Kier alpha value is -5.25. The van der Waals surface area contributed by atoms with Crippen LogP contribution < -0.4 is 16.0 Å². The number of aliphatic carboxylic acids is 1. The highest BCUT2D eigenvalue weighted by Crippen LogP contribution is 2.40. The summed E-state index contributed by atoms with van der Waals surface area (Å²) in [6, 6.07) is 8.53. The maximum absolute atomic E-state index is 15.8. The fourth-order valence-electron chi connectivity index (χ4n) is 7.64. The zero-order valence-corrected chi connectivity index (χ0v) is 39.0. The molecule has 0 unspecified atom stereocenters. The molecular formula is C46H64ClFN8O11. The van der Waals surface area contributed by atoms with Crippen LogP contribution in [0.2, 0.25) is 0 Å². The van der Waals surface area contributed by atoms with Crippen LogP contribution in [0.3, 0.4) is 0 Å². The van der Waals surface area contributed by atoms with Crippen molar-refractivity contribution < 1.29 is 57.2 Å². The van der Waals surface area contributed by atoms with E-state index in [1.807, 2.05) is 0 Å². The number of amides is 4. The fraction of sp³-hybridized carbons (Fsp3) is 0.587. The van der Waals surface area contributed by atoms with Crippen LogP contribution in [-0.2, 0) is 61.2 Å². The third-order valence-corrected chi connectivity index (χ3v) is 11.4. The fourth-order valence-corrected chi connectivity index (χ4v) is 7.83. The molecule has 2 aromatic heterocycles. The molecule has 4 N–H and O–H groups in total. The SMILES string of the molecule is Cn1ncc2cc(F)c(-c3cccc4c3c(C3CCN(C(=O)CCC(=O)NCCOCCOCCOCCOCCOCCCCCCCl)CC3)nn4CC(=O)NCC(=O)NCC(=O)O)cc21. The minimum atomic E-state index is -1.21. The second-order valence-corrected chi connectivity index (χ2v) is 16.4. The number of nitrogens with zero attached hydrogens (tertiary/aromatic N) is 5. The van der Waals surface area contributed by atoms with Gasteiger partial charge in [0.15, 0.2) is 0 Å². The highest BCUT2D eigenvalue weighted by atomic mass is 35.5. The number of nitrogens with one attached hydrogen (secondary N) is 3. The summed E-state index contributed by atoms with van der Waals surface area (Å²) in [4.78, 5) is 63.4. The van der Waals surface area contributed by atoms with Crippen LogP contribution >= 0.6 is 11.6 Å². The van der Waals surface area contributed by atoms with E-state index in [1.54, 1.807) is 47.1 Å². The van der Waals surface area contributed by atoms with E-state index >= 15 is 4.39 Å². The van der Waals surface area contributed by atoms with Crippen molar-refractivity contribution in [3.05, 3.63) is 48.0 Å². The first-order chi connectivity index (χ1) is 32.5. The molecule has 0 aliphatic carbocycles. The molecule has 368 valence electrons.